The van der Waals surface area contributed by atoms with E-state index in [0.29, 0.717) is 36.1 Å². The number of methoxy groups -OCH3 is 2. The summed E-state index contributed by atoms with van der Waals surface area (Å²) in [7, 11) is 5.04. The summed E-state index contributed by atoms with van der Waals surface area (Å²) in [6, 6.07) is 25.9. The zero-order chi connectivity index (χ0) is 48.2. The number of Topliss-reactive ketones (excluding diaryl/α,β-unsaturated/α-hetero) is 6. The van der Waals surface area contributed by atoms with Crippen LogP contribution in [0, 0.1) is 29.1 Å². The van der Waals surface area contributed by atoms with Crippen molar-refractivity contribution in [1.82, 2.24) is 5.32 Å². The fraction of sp³-hybridized carbons (Fsp3) is 0.509. The van der Waals surface area contributed by atoms with Crippen LogP contribution in [0.1, 0.15) is 133 Å². The third kappa shape index (κ3) is 14.0. The molecule has 10 rings (SSSR count). The van der Waals surface area contributed by atoms with Gasteiger partial charge < -0.3 is 19.9 Å². The number of hydrogen-bond acceptors (Lipinski definition) is 11. The molecule has 2 N–H and O–H groups in total. The van der Waals surface area contributed by atoms with E-state index in [1.165, 1.54) is 18.1 Å². The van der Waals surface area contributed by atoms with E-state index in [0.717, 1.165) is 74.8 Å². The van der Waals surface area contributed by atoms with Gasteiger partial charge in [-0.15, -0.1) is 0 Å². The largest absolute Gasteiger partial charge is 0.497 e. The molecule has 354 valence electrons. The van der Waals surface area contributed by atoms with Crippen molar-refractivity contribution >= 4 is 40.5 Å². The van der Waals surface area contributed by atoms with Crippen LogP contribution in [0.25, 0.3) is 0 Å². The highest BCUT2D eigenvalue weighted by Gasteiger charge is 2.54. The number of aliphatic hydroxyl groups is 1. The Morgan fingerprint density at radius 2 is 1.27 bits per heavy atom. The first-order valence-electron chi connectivity index (χ1n) is 23.4. The summed E-state index contributed by atoms with van der Waals surface area (Å²) in [6.45, 7) is 7.08. The van der Waals surface area contributed by atoms with Crippen molar-refractivity contribution in [2.24, 2.45) is 29.1 Å². The second-order valence-electron chi connectivity index (χ2n) is 19.7. The second kappa shape index (κ2) is 23.3. The van der Waals surface area contributed by atoms with Gasteiger partial charge in [-0.2, -0.15) is 0 Å². The Labute approximate surface area is 390 Å². The maximum atomic E-state index is 12.7. The van der Waals surface area contributed by atoms with E-state index in [4.69, 9.17) is 9.47 Å². The van der Waals surface area contributed by atoms with Crippen LogP contribution in [0.15, 0.2) is 90.6 Å². The summed E-state index contributed by atoms with van der Waals surface area (Å²) in [5.74, 6) is 2.25. The van der Waals surface area contributed by atoms with E-state index < -0.39 is 11.5 Å². The number of ether oxygens (including phenoxy) is 2. The molecule has 0 saturated heterocycles. The van der Waals surface area contributed by atoms with Crippen LogP contribution < -0.4 is 14.8 Å². The SMILES string of the molecule is CC(=O)C1C(=O)CCC1=O.CNC1=CC(=O)CC(C)(C)C1.COc1ccc(CC(C)=O)c(OC)c1.O=C1C(c2ccccc2)CCCC1c1ccccc1.O=C1C2CC3CC1CC(O)(C3)C2. The molecule has 0 aliphatic heterocycles. The third-order valence-corrected chi connectivity index (χ3v) is 13.6. The minimum atomic E-state index is -0.917. The zero-order valence-corrected chi connectivity index (χ0v) is 39.9. The Kier molecular flexibility index (Phi) is 18.1. The number of benzene rings is 3. The molecule has 11 heteroatoms. The van der Waals surface area contributed by atoms with Gasteiger partial charge in [0.25, 0.3) is 0 Å². The standard InChI is InChI=1S/C18H18O.C11H14O3.C10H14O2.C9H15NO.C7H8O3/c19-18-16(14-8-3-1-4-9-14)12-7-13-17(18)15-10-5-2-6-11-15;1-8(12)6-9-4-5-10(13-2)7-11(9)14-3;11-9-7-1-6-2-8(9)5-10(12,3-6)4-7;1-9(2)5-7(10-3)4-8(11)6-9;1-4(8)7-5(9)2-3-6(7)10/h1-6,8-11,16-17H,7,12-13H2;4-5,7H,6H2,1-3H3;6-8,12H,1-5H2;4,10H,5-6H2,1-3H3;7H,2-3H2,1H3. The number of nitrogens with one attached hydrogen (secondary N) is 1. The summed E-state index contributed by atoms with van der Waals surface area (Å²) in [6.07, 6.45) is 12.0. The highest BCUT2D eigenvalue weighted by molar-refractivity contribution is 6.22. The van der Waals surface area contributed by atoms with Crippen molar-refractivity contribution in [2.75, 3.05) is 21.3 Å². The molecule has 7 aliphatic carbocycles. The molecule has 0 heterocycles. The molecule has 0 spiro atoms. The van der Waals surface area contributed by atoms with E-state index in [2.05, 4.69) is 43.4 Å². The molecule has 6 fully saturated rings. The Hall–Kier alpha value is -5.55. The fourth-order valence-electron chi connectivity index (χ4n) is 10.7. The average molecular weight is 904 g/mol. The summed E-state index contributed by atoms with van der Waals surface area (Å²) in [5.41, 5.74) is 4.00. The summed E-state index contributed by atoms with van der Waals surface area (Å²) >= 11 is 0. The van der Waals surface area contributed by atoms with Gasteiger partial charge in [-0.25, -0.2) is 0 Å². The van der Waals surface area contributed by atoms with Crippen molar-refractivity contribution < 1.29 is 48.1 Å². The Morgan fingerprint density at radius 3 is 1.70 bits per heavy atom. The Morgan fingerprint density at radius 1 is 0.727 bits per heavy atom. The van der Waals surface area contributed by atoms with Crippen LogP contribution in [0.4, 0.5) is 0 Å². The number of carbonyl (C=O) groups is 7. The number of allylic oxidation sites excluding steroid dienone is 2. The number of hydrogen-bond donors (Lipinski definition) is 2. The maximum Gasteiger partial charge on any atom is 0.157 e. The van der Waals surface area contributed by atoms with Gasteiger partial charge in [0.2, 0.25) is 0 Å². The third-order valence-electron chi connectivity index (χ3n) is 13.6. The van der Waals surface area contributed by atoms with Crippen LogP contribution in [-0.4, -0.2) is 72.5 Å². The topological polar surface area (TPSA) is 170 Å². The van der Waals surface area contributed by atoms with Gasteiger partial charge in [0.15, 0.2) is 17.3 Å². The molecule has 4 atom stereocenters. The number of ketones is 7. The van der Waals surface area contributed by atoms with Gasteiger partial charge >= 0.3 is 0 Å². The lowest BCUT2D eigenvalue weighted by molar-refractivity contribution is -0.161. The molecule has 3 aromatic carbocycles. The van der Waals surface area contributed by atoms with Crippen LogP contribution in [0.5, 0.6) is 11.5 Å². The monoisotopic (exact) mass is 903 g/mol. The second-order valence-corrected chi connectivity index (χ2v) is 19.7. The lowest BCUT2D eigenvalue weighted by atomic mass is 9.54. The highest BCUT2D eigenvalue weighted by atomic mass is 16.5. The van der Waals surface area contributed by atoms with Crippen LogP contribution in [0.3, 0.4) is 0 Å². The molecule has 7 aliphatic rings. The normalized spacial score (nSPS) is 25.8. The fourth-order valence-corrected chi connectivity index (χ4v) is 10.7. The van der Waals surface area contributed by atoms with Crippen molar-refractivity contribution in [3.05, 3.63) is 107 Å². The lowest BCUT2D eigenvalue weighted by Gasteiger charge is -2.53. The molecule has 0 amide bonds. The number of rotatable bonds is 8. The number of carbonyl (C=O) groups excluding carboxylic acids is 7. The Bertz CT molecular complexity index is 2160. The minimum Gasteiger partial charge on any atom is -0.497 e. The van der Waals surface area contributed by atoms with Gasteiger partial charge in [0.05, 0.1) is 19.8 Å². The van der Waals surface area contributed by atoms with Gasteiger partial charge in [-0.3, -0.25) is 33.6 Å². The van der Waals surface area contributed by atoms with E-state index in [1.807, 2.05) is 55.6 Å². The molecule has 11 nitrogen and oxygen atoms in total. The zero-order valence-electron chi connectivity index (χ0n) is 39.9. The first-order valence-corrected chi connectivity index (χ1v) is 23.4. The molecule has 3 aromatic rings. The summed E-state index contributed by atoms with van der Waals surface area (Å²) < 4.78 is 10.2. The molecule has 4 unspecified atom stereocenters. The predicted molar refractivity (Wildman–Crippen MR) is 253 cm³/mol. The van der Waals surface area contributed by atoms with Crippen LogP contribution in [-0.2, 0) is 40.0 Å². The molecule has 0 radical (unpaired) electrons. The van der Waals surface area contributed by atoms with Crippen molar-refractivity contribution in [3.63, 3.8) is 0 Å². The predicted octanol–water partition coefficient (Wildman–Crippen LogP) is 8.87. The molecule has 66 heavy (non-hydrogen) atoms. The Balaban J connectivity index is 0.000000158. The van der Waals surface area contributed by atoms with Crippen molar-refractivity contribution in [1.29, 1.82) is 0 Å². The lowest BCUT2D eigenvalue weighted by Crippen LogP contribution is -2.54. The van der Waals surface area contributed by atoms with Crippen LogP contribution >= 0.6 is 0 Å². The molecule has 4 bridgehead atoms. The average Bonchev–Trinajstić information content (AvgIpc) is 3.63. The smallest absolute Gasteiger partial charge is 0.157 e. The first kappa shape index (κ1) is 51.4. The first-order chi connectivity index (χ1) is 31.3. The van der Waals surface area contributed by atoms with Gasteiger partial charge in [0, 0.05) is 79.8 Å². The summed E-state index contributed by atoms with van der Waals surface area (Å²) in [5, 5.41) is 13.1. The molecular weight excluding hydrogens is 835 g/mol. The summed E-state index contributed by atoms with van der Waals surface area (Å²) in [4.78, 5) is 78.6. The van der Waals surface area contributed by atoms with E-state index >= 15 is 0 Å². The molecule has 6 saturated carbocycles. The minimum absolute atomic E-state index is 0.0835. The van der Waals surface area contributed by atoms with E-state index in [-0.39, 0.29) is 70.8 Å². The maximum absolute atomic E-state index is 12.7. The van der Waals surface area contributed by atoms with Crippen LogP contribution in [0.2, 0.25) is 0 Å². The van der Waals surface area contributed by atoms with Crippen molar-refractivity contribution in [3.8, 4) is 11.5 Å². The quantitative estimate of drug-likeness (QED) is 0.207. The molecule has 0 aromatic heterocycles. The van der Waals surface area contributed by atoms with Gasteiger partial charge in [-0.05, 0) is 93.7 Å². The van der Waals surface area contributed by atoms with Gasteiger partial charge in [-0.1, -0.05) is 87.0 Å². The molecular formula is C55H69NO10. The van der Waals surface area contributed by atoms with E-state index in [1.54, 1.807) is 33.3 Å². The van der Waals surface area contributed by atoms with Crippen molar-refractivity contribution in [2.45, 2.75) is 129 Å². The van der Waals surface area contributed by atoms with Gasteiger partial charge in [0.1, 0.15) is 40.5 Å². The van der Waals surface area contributed by atoms with E-state index in [9.17, 15) is 38.7 Å². The highest BCUT2D eigenvalue weighted by Crippen LogP contribution is 2.53.